The molecule has 8 heteroatoms. The van der Waals surface area contributed by atoms with Gasteiger partial charge in [-0.2, -0.15) is 0 Å². The molecule has 1 fully saturated rings. The molecule has 0 aliphatic carbocycles. The monoisotopic (exact) mass is 346 g/mol. The standard InChI is InChI=1S/C17H19FN4O3/c1-20-15(24)7-10-22(17(20)25)11-14(23)19-16-12(18)5-4-6-13(16)21-8-2-3-9-21/h4-7,10H,2-3,8-9,11H2,1H3,(H,19,23). The molecule has 0 atom stereocenters. The molecule has 1 amide bonds. The molecule has 1 aliphatic heterocycles. The Balaban J connectivity index is 1.83. The maximum Gasteiger partial charge on any atom is 0.331 e. The molecule has 0 unspecified atom stereocenters. The Kier molecular flexibility index (Phi) is 4.69. The number of amides is 1. The van der Waals surface area contributed by atoms with Crippen molar-refractivity contribution in [3.05, 3.63) is 57.1 Å². The van der Waals surface area contributed by atoms with Crippen LogP contribution in [0, 0.1) is 5.82 Å². The van der Waals surface area contributed by atoms with Crippen LogP contribution in [-0.4, -0.2) is 28.1 Å². The van der Waals surface area contributed by atoms with E-state index in [1.54, 1.807) is 12.1 Å². The van der Waals surface area contributed by atoms with E-state index in [0.29, 0.717) is 5.69 Å². The van der Waals surface area contributed by atoms with Gasteiger partial charge in [0.2, 0.25) is 5.91 Å². The topological polar surface area (TPSA) is 76.3 Å². The molecule has 7 nitrogen and oxygen atoms in total. The summed E-state index contributed by atoms with van der Waals surface area (Å²) >= 11 is 0. The van der Waals surface area contributed by atoms with Crippen molar-refractivity contribution >= 4 is 17.3 Å². The molecule has 0 radical (unpaired) electrons. The fourth-order valence-electron chi connectivity index (χ4n) is 2.93. The van der Waals surface area contributed by atoms with Crippen molar-refractivity contribution in [1.29, 1.82) is 0 Å². The number of rotatable bonds is 4. The molecule has 0 saturated carbocycles. The quantitative estimate of drug-likeness (QED) is 0.893. The van der Waals surface area contributed by atoms with Gasteiger partial charge < -0.3 is 10.2 Å². The van der Waals surface area contributed by atoms with Crippen molar-refractivity contribution in [2.45, 2.75) is 19.4 Å². The zero-order valence-electron chi connectivity index (χ0n) is 13.9. The Morgan fingerprint density at radius 1 is 1.20 bits per heavy atom. The van der Waals surface area contributed by atoms with Crippen molar-refractivity contribution in [3.63, 3.8) is 0 Å². The predicted molar refractivity (Wildman–Crippen MR) is 92.4 cm³/mol. The van der Waals surface area contributed by atoms with Gasteiger partial charge in [-0.15, -0.1) is 0 Å². The van der Waals surface area contributed by atoms with Crippen molar-refractivity contribution in [2.24, 2.45) is 7.05 Å². The third-order valence-electron chi connectivity index (χ3n) is 4.28. The highest BCUT2D eigenvalue weighted by atomic mass is 19.1. The molecule has 3 rings (SSSR count). The van der Waals surface area contributed by atoms with E-state index in [1.807, 2.05) is 4.90 Å². The molecule has 0 spiro atoms. The summed E-state index contributed by atoms with van der Waals surface area (Å²) < 4.78 is 16.3. The first-order valence-electron chi connectivity index (χ1n) is 8.07. The Morgan fingerprint density at radius 2 is 1.92 bits per heavy atom. The predicted octanol–water partition coefficient (Wildman–Crippen LogP) is 0.925. The van der Waals surface area contributed by atoms with E-state index in [0.717, 1.165) is 35.1 Å². The summed E-state index contributed by atoms with van der Waals surface area (Å²) in [5.74, 6) is -1.06. The second kappa shape index (κ2) is 6.92. The molecule has 1 aromatic carbocycles. The largest absolute Gasteiger partial charge is 0.370 e. The first-order valence-corrected chi connectivity index (χ1v) is 8.07. The summed E-state index contributed by atoms with van der Waals surface area (Å²) in [5, 5.41) is 2.56. The van der Waals surface area contributed by atoms with Gasteiger partial charge in [-0.3, -0.25) is 18.7 Å². The van der Waals surface area contributed by atoms with Crippen molar-refractivity contribution in [2.75, 3.05) is 23.3 Å². The van der Waals surface area contributed by atoms with Crippen LogP contribution in [0.5, 0.6) is 0 Å². The van der Waals surface area contributed by atoms with E-state index >= 15 is 0 Å². The summed E-state index contributed by atoms with van der Waals surface area (Å²) in [5.41, 5.74) is -0.297. The smallest absolute Gasteiger partial charge is 0.331 e. The zero-order valence-corrected chi connectivity index (χ0v) is 13.9. The number of benzene rings is 1. The number of hydrogen-bond donors (Lipinski definition) is 1. The lowest BCUT2D eigenvalue weighted by Gasteiger charge is -2.22. The van der Waals surface area contributed by atoms with Gasteiger partial charge in [-0.25, -0.2) is 9.18 Å². The molecule has 1 aliphatic rings. The Labute approximate surface area is 143 Å². The molecule has 1 N–H and O–H groups in total. The molecular formula is C17H19FN4O3. The van der Waals surface area contributed by atoms with E-state index in [2.05, 4.69) is 5.32 Å². The van der Waals surface area contributed by atoms with Gasteiger partial charge in [-0.05, 0) is 25.0 Å². The van der Waals surface area contributed by atoms with Crippen molar-refractivity contribution < 1.29 is 9.18 Å². The number of nitrogens with zero attached hydrogens (tertiary/aromatic N) is 3. The third kappa shape index (κ3) is 3.47. The van der Waals surface area contributed by atoms with Gasteiger partial charge in [0.15, 0.2) is 0 Å². The summed E-state index contributed by atoms with van der Waals surface area (Å²) in [6, 6.07) is 5.86. The van der Waals surface area contributed by atoms with Crippen LogP contribution < -0.4 is 21.5 Å². The minimum absolute atomic E-state index is 0.118. The molecule has 2 heterocycles. The maximum absolute atomic E-state index is 14.2. The molecule has 2 aromatic rings. The number of aromatic nitrogens is 2. The van der Waals surface area contributed by atoms with Crippen LogP contribution in [0.3, 0.4) is 0 Å². The number of para-hydroxylation sites is 1. The number of carbonyl (C=O) groups is 1. The average Bonchev–Trinajstić information content (AvgIpc) is 3.11. The fourth-order valence-corrected chi connectivity index (χ4v) is 2.93. The van der Waals surface area contributed by atoms with Crippen LogP contribution in [-0.2, 0) is 18.4 Å². The molecule has 132 valence electrons. The van der Waals surface area contributed by atoms with E-state index in [4.69, 9.17) is 0 Å². The van der Waals surface area contributed by atoms with Gasteiger partial charge in [0.05, 0.1) is 5.69 Å². The van der Waals surface area contributed by atoms with E-state index in [1.165, 1.54) is 25.4 Å². The lowest BCUT2D eigenvalue weighted by Crippen LogP contribution is -2.39. The number of hydrogen-bond acceptors (Lipinski definition) is 4. The summed E-state index contributed by atoms with van der Waals surface area (Å²) in [7, 11) is 1.33. The normalized spacial score (nSPS) is 13.9. The summed E-state index contributed by atoms with van der Waals surface area (Å²) in [4.78, 5) is 37.7. The van der Waals surface area contributed by atoms with Crippen LogP contribution in [0.2, 0.25) is 0 Å². The highest BCUT2D eigenvalue weighted by molar-refractivity contribution is 5.94. The first-order chi connectivity index (χ1) is 12.0. The van der Waals surface area contributed by atoms with Crippen molar-refractivity contribution in [1.82, 2.24) is 9.13 Å². The van der Waals surface area contributed by atoms with Crippen molar-refractivity contribution in [3.8, 4) is 0 Å². The van der Waals surface area contributed by atoms with Crippen LogP contribution in [0.4, 0.5) is 15.8 Å². The van der Waals surface area contributed by atoms with Gasteiger partial charge in [0.1, 0.15) is 18.0 Å². The van der Waals surface area contributed by atoms with Crippen LogP contribution in [0.1, 0.15) is 12.8 Å². The van der Waals surface area contributed by atoms with E-state index < -0.39 is 23.0 Å². The molecule has 1 aromatic heterocycles. The lowest BCUT2D eigenvalue weighted by molar-refractivity contribution is -0.116. The first kappa shape index (κ1) is 16.9. The molecule has 1 saturated heterocycles. The summed E-state index contributed by atoms with van der Waals surface area (Å²) in [6.07, 6.45) is 3.31. The lowest BCUT2D eigenvalue weighted by atomic mass is 10.2. The van der Waals surface area contributed by atoms with Gasteiger partial charge in [0, 0.05) is 32.4 Å². The minimum atomic E-state index is -0.601. The highest BCUT2D eigenvalue weighted by Gasteiger charge is 2.20. The number of carbonyl (C=O) groups excluding carboxylic acids is 1. The Bertz CT molecular complexity index is 913. The SMILES string of the molecule is Cn1c(=O)ccn(CC(=O)Nc2c(F)cccc2N2CCCC2)c1=O. The van der Waals surface area contributed by atoms with Crippen LogP contribution >= 0.6 is 0 Å². The van der Waals surface area contributed by atoms with E-state index in [-0.39, 0.29) is 12.2 Å². The maximum atomic E-state index is 14.2. The van der Waals surface area contributed by atoms with Gasteiger partial charge in [-0.1, -0.05) is 6.07 Å². The van der Waals surface area contributed by atoms with Crippen LogP contribution in [0.15, 0.2) is 40.1 Å². The fraction of sp³-hybridized carbons (Fsp3) is 0.353. The third-order valence-corrected chi connectivity index (χ3v) is 4.28. The second-order valence-electron chi connectivity index (χ2n) is 6.00. The molecule has 0 bridgehead atoms. The molecular weight excluding hydrogens is 327 g/mol. The summed E-state index contributed by atoms with van der Waals surface area (Å²) in [6.45, 7) is 1.32. The molecule has 25 heavy (non-hydrogen) atoms. The number of anilines is 2. The van der Waals surface area contributed by atoms with Gasteiger partial charge >= 0.3 is 5.69 Å². The highest BCUT2D eigenvalue weighted by Crippen LogP contribution is 2.31. The van der Waals surface area contributed by atoms with Crippen LogP contribution in [0.25, 0.3) is 0 Å². The van der Waals surface area contributed by atoms with E-state index in [9.17, 15) is 18.8 Å². The average molecular weight is 346 g/mol. The Morgan fingerprint density at radius 3 is 2.64 bits per heavy atom. The minimum Gasteiger partial charge on any atom is -0.370 e. The number of halogens is 1. The second-order valence-corrected chi connectivity index (χ2v) is 6.00. The zero-order chi connectivity index (χ0) is 18.0. The van der Waals surface area contributed by atoms with Gasteiger partial charge in [0.25, 0.3) is 5.56 Å². The number of nitrogens with one attached hydrogen (secondary N) is 1. The Hall–Kier alpha value is -2.90.